The monoisotopic (exact) mass is 1230 g/mol. The molecule has 8 N–H and O–H groups in total. The normalized spacial score (nSPS) is 15.5. The van der Waals surface area contributed by atoms with Crippen LogP contribution in [0.1, 0.15) is 129 Å². The Balaban J connectivity index is 1.43. The summed E-state index contributed by atoms with van der Waals surface area (Å²) in [6, 6.07) is 7.80. The van der Waals surface area contributed by atoms with Crippen molar-refractivity contribution < 1.29 is 100 Å². The van der Waals surface area contributed by atoms with Crippen molar-refractivity contribution in [2.75, 3.05) is 71.5 Å². The summed E-state index contributed by atoms with van der Waals surface area (Å²) in [5.74, 6) is -7.04. The first-order valence-corrected chi connectivity index (χ1v) is 30.1. The average molecular weight is 1230 g/mol. The van der Waals surface area contributed by atoms with Gasteiger partial charge in [0.25, 0.3) is 10.1 Å². The van der Waals surface area contributed by atoms with Crippen molar-refractivity contribution in [2.45, 2.75) is 150 Å². The predicted molar refractivity (Wildman–Crippen MR) is 310 cm³/mol. The molecule has 2 heterocycles. The second-order valence-electron chi connectivity index (χ2n) is 21.7. The number of rotatable bonds is 40. The van der Waals surface area contributed by atoms with Crippen molar-refractivity contribution in [3.8, 4) is 0 Å². The lowest BCUT2D eigenvalue weighted by Crippen LogP contribution is -2.46. The zero-order valence-corrected chi connectivity index (χ0v) is 50.5. The standard InChI is InChI=1S/C57H80N6O20S2/c1-56(2)40-32-38(84-83-82-76)24-26-42(40)62(30-15-7-9-22-48(64)58-28-13-11-18-44(54(72)73)60(34-50(66)67)36-52(70)80-5)46(56)20-17-21-47-57(3,4)41-33-39(85(77,78)79)25-27-43(41)63(47)31-16-8-10-23-49(65)59-29-14-12-19-45(55(74)75)61(35-51(68)69)37-53(71)81-6/h17,20-21,24-27,32-33,44-45H,7-16,18-19,22-23,28-31,34-37H2,1-6H3,(H7-,58,59,64,65,66,67,68,69,72,73,74,75,76,77,78,79)/p+1. The molecule has 2 atom stereocenters. The number of unbranched alkanes of at least 4 members (excludes halogenated alkanes) is 6. The number of hydrogen-bond acceptors (Lipinski definition) is 19. The van der Waals surface area contributed by atoms with E-state index in [0.29, 0.717) is 87.8 Å². The summed E-state index contributed by atoms with van der Waals surface area (Å²) in [5.41, 5.74) is 3.87. The third-order valence-corrected chi connectivity index (χ3v) is 16.4. The molecule has 85 heavy (non-hydrogen) atoms. The molecule has 2 aromatic carbocycles. The lowest BCUT2D eigenvalue weighted by molar-refractivity contribution is -0.438. The number of anilines is 1. The molecule has 0 radical (unpaired) electrons. The number of amides is 2. The van der Waals surface area contributed by atoms with Gasteiger partial charge in [0, 0.05) is 78.3 Å². The Labute approximate surface area is 499 Å². The molecule has 0 fully saturated rings. The van der Waals surface area contributed by atoms with Gasteiger partial charge < -0.3 is 45.4 Å². The molecule has 2 aromatic rings. The Morgan fingerprint density at radius 2 is 1.22 bits per heavy atom. The van der Waals surface area contributed by atoms with Gasteiger partial charge in [0.2, 0.25) is 17.5 Å². The molecule has 0 aliphatic carbocycles. The first-order chi connectivity index (χ1) is 40.2. The number of carboxylic acid groups (broad SMARTS) is 4. The van der Waals surface area contributed by atoms with E-state index in [-0.39, 0.29) is 55.5 Å². The van der Waals surface area contributed by atoms with Crippen molar-refractivity contribution in [3.63, 3.8) is 0 Å². The number of esters is 2. The van der Waals surface area contributed by atoms with E-state index in [2.05, 4.69) is 48.5 Å². The molecular weight excluding hydrogens is 1150 g/mol. The van der Waals surface area contributed by atoms with Gasteiger partial charge in [-0.15, -0.1) is 4.33 Å². The summed E-state index contributed by atoms with van der Waals surface area (Å²) < 4.78 is 50.9. The molecule has 0 aromatic heterocycles. The summed E-state index contributed by atoms with van der Waals surface area (Å²) in [5, 5.41) is 56.5. The molecule has 2 aliphatic rings. The number of fused-ring (bicyclic) bond motifs is 2. The smallest absolute Gasteiger partial charge is 0.320 e. The first-order valence-electron chi connectivity index (χ1n) is 27.9. The van der Waals surface area contributed by atoms with Crippen molar-refractivity contribution in [1.29, 1.82) is 0 Å². The van der Waals surface area contributed by atoms with Gasteiger partial charge in [-0.3, -0.25) is 52.7 Å². The van der Waals surface area contributed by atoms with Gasteiger partial charge >= 0.3 is 35.8 Å². The van der Waals surface area contributed by atoms with E-state index < -0.39 is 95.0 Å². The van der Waals surface area contributed by atoms with Crippen LogP contribution in [0, 0.1) is 0 Å². The number of carboxylic acids is 4. The number of nitrogens with zero attached hydrogens (tertiary/aromatic N) is 4. The maximum atomic E-state index is 12.9. The van der Waals surface area contributed by atoms with Crippen LogP contribution < -0.4 is 15.5 Å². The van der Waals surface area contributed by atoms with Crippen LogP contribution in [-0.2, 0) is 78.2 Å². The van der Waals surface area contributed by atoms with E-state index in [1.54, 1.807) is 6.07 Å². The molecule has 470 valence electrons. The van der Waals surface area contributed by atoms with E-state index >= 15 is 0 Å². The number of carbonyl (C=O) groups is 8. The summed E-state index contributed by atoms with van der Waals surface area (Å²) in [4.78, 5) is 101. The topological polar surface area (TPSA) is 366 Å². The number of nitrogens with one attached hydrogen (secondary N) is 2. The zero-order chi connectivity index (χ0) is 63.1. The first kappa shape index (κ1) is 70.7. The summed E-state index contributed by atoms with van der Waals surface area (Å²) in [6.07, 6.45) is 11.9. The Hall–Kier alpha value is -6.79. The summed E-state index contributed by atoms with van der Waals surface area (Å²) in [7, 11) is -2.29. The van der Waals surface area contributed by atoms with Gasteiger partial charge in [-0.2, -0.15) is 13.0 Å². The SMILES string of the molecule is COC(=O)CN(CC(=O)O)C(CCCCNC(=O)CCCCCN1/C(=C/C=C/C2=[N+](CCCCCC(=O)NCCCCC(C(=O)O)N(CC(=O)O)CC(=O)OC)c3ccc(SOOO)cc3C2(C)C)C(C)(C)c2cc(S(=O)(=O)O)ccc21)C(=O)O. The molecule has 0 spiro atoms. The average Bonchev–Trinajstić information content (AvgIpc) is 1.70. The molecular formula is C57H81N6O20S2+. The highest BCUT2D eigenvalue weighted by atomic mass is 32.2. The minimum Gasteiger partial charge on any atom is -0.480 e. The molecule has 0 bridgehead atoms. The largest absolute Gasteiger partial charge is 0.480 e. The number of carbonyl (C=O) groups excluding carboxylic acids is 4. The van der Waals surface area contributed by atoms with Crippen molar-refractivity contribution >= 4 is 86.9 Å². The molecule has 28 heteroatoms. The van der Waals surface area contributed by atoms with Crippen molar-refractivity contribution in [3.05, 3.63) is 71.5 Å². The van der Waals surface area contributed by atoms with Gasteiger partial charge in [0.1, 0.15) is 18.6 Å². The predicted octanol–water partition coefficient (Wildman–Crippen LogP) is 5.70. The van der Waals surface area contributed by atoms with Gasteiger partial charge in [0.15, 0.2) is 5.71 Å². The van der Waals surface area contributed by atoms with E-state index in [1.807, 2.05) is 50.3 Å². The van der Waals surface area contributed by atoms with Crippen LogP contribution in [0.2, 0.25) is 0 Å². The van der Waals surface area contributed by atoms with Gasteiger partial charge in [0.05, 0.1) is 62.8 Å². The number of benzene rings is 2. The minimum absolute atomic E-state index is 0.0454. The van der Waals surface area contributed by atoms with E-state index in [1.165, 1.54) is 12.1 Å². The molecule has 2 unspecified atom stereocenters. The highest BCUT2D eigenvalue weighted by molar-refractivity contribution is 7.94. The fourth-order valence-corrected chi connectivity index (χ4v) is 11.5. The number of allylic oxidation sites excluding steroid dienone is 4. The molecule has 4 rings (SSSR count). The van der Waals surface area contributed by atoms with E-state index in [0.717, 1.165) is 64.4 Å². The number of aliphatic carboxylic acids is 4. The van der Waals surface area contributed by atoms with E-state index in [9.17, 15) is 71.8 Å². The van der Waals surface area contributed by atoms with Crippen LogP contribution in [0.4, 0.5) is 11.4 Å². The van der Waals surface area contributed by atoms with Gasteiger partial charge in [-0.25, -0.2) is 5.26 Å². The molecule has 2 amide bonds. The van der Waals surface area contributed by atoms with Crippen LogP contribution >= 0.6 is 12.0 Å². The van der Waals surface area contributed by atoms with Crippen LogP contribution in [0.5, 0.6) is 0 Å². The van der Waals surface area contributed by atoms with Crippen LogP contribution in [0.15, 0.2) is 70.1 Å². The zero-order valence-electron chi connectivity index (χ0n) is 48.9. The quantitative estimate of drug-likeness (QED) is 0.00755. The second kappa shape index (κ2) is 33.8. The fraction of sp³-hybridized carbons (Fsp3) is 0.561. The highest BCUT2D eigenvalue weighted by Crippen LogP contribution is 2.49. The minimum atomic E-state index is -4.54. The molecule has 0 saturated carbocycles. The van der Waals surface area contributed by atoms with Gasteiger partial charge in [-0.05, 0) is 120 Å². The van der Waals surface area contributed by atoms with Crippen molar-refractivity contribution in [2.24, 2.45) is 0 Å². The third-order valence-electron chi connectivity index (χ3n) is 15.0. The second-order valence-corrected chi connectivity index (χ2v) is 23.9. The number of ether oxygens (including phenoxy) is 2. The maximum Gasteiger partial charge on any atom is 0.320 e. The van der Waals surface area contributed by atoms with Crippen LogP contribution in [-0.4, -0.2) is 185 Å². The Morgan fingerprint density at radius 1 is 0.682 bits per heavy atom. The molecule has 2 aliphatic heterocycles. The number of methoxy groups -OCH3 is 2. The maximum absolute atomic E-state index is 12.9. The van der Waals surface area contributed by atoms with Gasteiger partial charge in [-0.1, -0.05) is 31.4 Å². The van der Waals surface area contributed by atoms with Crippen LogP contribution in [0.3, 0.4) is 0 Å². The fourth-order valence-electron chi connectivity index (χ4n) is 10.6. The summed E-state index contributed by atoms with van der Waals surface area (Å²) in [6.45, 7) is 7.41. The Morgan fingerprint density at radius 3 is 1.72 bits per heavy atom. The van der Waals surface area contributed by atoms with Crippen LogP contribution in [0.25, 0.3) is 0 Å². The number of hydrogen-bond donors (Lipinski definition) is 8. The lowest BCUT2D eigenvalue weighted by Gasteiger charge is -2.27. The third kappa shape index (κ3) is 21.3. The molecule has 26 nitrogen and oxygen atoms in total. The Bertz CT molecular complexity index is 2910. The van der Waals surface area contributed by atoms with Crippen molar-refractivity contribution in [1.82, 2.24) is 20.4 Å². The Kier molecular flexibility index (Phi) is 28.1. The van der Waals surface area contributed by atoms with E-state index in [4.69, 9.17) is 9.59 Å². The summed E-state index contributed by atoms with van der Waals surface area (Å²) >= 11 is 0.840. The molecule has 0 saturated heterocycles. The highest BCUT2D eigenvalue weighted by Gasteiger charge is 2.45. The lowest BCUT2D eigenvalue weighted by atomic mass is 9.81.